The Balaban J connectivity index is 2.33. The summed E-state index contributed by atoms with van der Waals surface area (Å²) in [5.74, 6) is 2.57. The third-order valence-corrected chi connectivity index (χ3v) is 4.43. The molecule has 2 N–H and O–H groups in total. The Morgan fingerprint density at radius 3 is 2.24 bits per heavy atom. The molecule has 1 rings (SSSR count). The van der Waals surface area contributed by atoms with Crippen LogP contribution in [-0.2, 0) is 0 Å². The minimum atomic E-state index is 0.165. The average molecular weight is 239 g/mol. The highest BCUT2D eigenvalue weighted by molar-refractivity contribution is 4.91. The number of hydrogen-bond donors (Lipinski definition) is 1. The van der Waals surface area contributed by atoms with Crippen molar-refractivity contribution in [1.82, 2.24) is 0 Å². The monoisotopic (exact) mass is 239 g/mol. The van der Waals surface area contributed by atoms with Crippen LogP contribution in [0.25, 0.3) is 0 Å². The van der Waals surface area contributed by atoms with Crippen LogP contribution in [0, 0.1) is 17.8 Å². The van der Waals surface area contributed by atoms with Gasteiger partial charge in [-0.25, -0.2) is 0 Å². The predicted molar refractivity (Wildman–Crippen MR) is 77.0 cm³/mol. The van der Waals surface area contributed by atoms with Gasteiger partial charge in [-0.3, -0.25) is 0 Å². The van der Waals surface area contributed by atoms with E-state index in [4.69, 9.17) is 5.73 Å². The lowest BCUT2D eigenvalue weighted by atomic mass is 9.71. The van der Waals surface area contributed by atoms with Crippen molar-refractivity contribution >= 4 is 0 Å². The van der Waals surface area contributed by atoms with Gasteiger partial charge in [-0.05, 0) is 56.3 Å². The molecule has 1 heteroatoms. The first-order valence-electron chi connectivity index (χ1n) is 7.74. The normalized spacial score (nSPS) is 31.8. The molecule has 0 bridgehead atoms. The molecule has 0 spiro atoms. The molecule has 1 nitrogen and oxygen atoms in total. The molecule has 1 aliphatic rings. The molecule has 0 aromatic heterocycles. The molecular weight excluding hydrogens is 206 g/mol. The summed E-state index contributed by atoms with van der Waals surface area (Å²) in [7, 11) is 0. The van der Waals surface area contributed by atoms with E-state index in [0.717, 1.165) is 17.8 Å². The zero-order valence-electron chi connectivity index (χ0n) is 12.5. The lowest BCUT2D eigenvalue weighted by Gasteiger charge is -2.39. The van der Waals surface area contributed by atoms with E-state index in [2.05, 4.69) is 27.7 Å². The van der Waals surface area contributed by atoms with Gasteiger partial charge in [-0.15, -0.1) is 0 Å². The molecule has 0 aliphatic heterocycles. The van der Waals surface area contributed by atoms with Crippen LogP contribution in [0.4, 0.5) is 0 Å². The van der Waals surface area contributed by atoms with E-state index in [9.17, 15) is 0 Å². The first-order chi connectivity index (χ1) is 7.95. The summed E-state index contributed by atoms with van der Waals surface area (Å²) in [5, 5.41) is 0. The first kappa shape index (κ1) is 15.0. The van der Waals surface area contributed by atoms with Crippen molar-refractivity contribution < 1.29 is 0 Å². The second kappa shape index (κ2) is 6.78. The lowest BCUT2D eigenvalue weighted by molar-refractivity contribution is 0.185. The van der Waals surface area contributed by atoms with Crippen molar-refractivity contribution in [2.24, 2.45) is 23.5 Å². The maximum absolute atomic E-state index is 6.59. The van der Waals surface area contributed by atoms with Gasteiger partial charge < -0.3 is 5.73 Å². The van der Waals surface area contributed by atoms with E-state index >= 15 is 0 Å². The third kappa shape index (κ3) is 5.42. The smallest absolute Gasteiger partial charge is 0.0157 e. The summed E-state index contributed by atoms with van der Waals surface area (Å²) in [6, 6.07) is 0. The predicted octanol–water partition coefficient (Wildman–Crippen LogP) is 4.75. The zero-order chi connectivity index (χ0) is 12.9. The molecule has 1 fully saturated rings. The number of nitrogens with two attached hydrogens (primary N) is 1. The molecule has 17 heavy (non-hydrogen) atoms. The van der Waals surface area contributed by atoms with Gasteiger partial charge in [0.05, 0.1) is 0 Å². The highest BCUT2D eigenvalue weighted by Gasteiger charge is 2.32. The van der Waals surface area contributed by atoms with E-state index in [0.29, 0.717) is 0 Å². The highest BCUT2D eigenvalue weighted by atomic mass is 14.7. The summed E-state index contributed by atoms with van der Waals surface area (Å²) in [4.78, 5) is 0. The Kier molecular flexibility index (Phi) is 5.99. The quantitative estimate of drug-likeness (QED) is 0.711. The molecule has 1 unspecified atom stereocenters. The van der Waals surface area contributed by atoms with Crippen LogP contribution in [0.5, 0.6) is 0 Å². The van der Waals surface area contributed by atoms with Crippen molar-refractivity contribution in [3.8, 4) is 0 Å². The van der Waals surface area contributed by atoms with Gasteiger partial charge in [-0.2, -0.15) is 0 Å². The van der Waals surface area contributed by atoms with Gasteiger partial charge in [0.2, 0.25) is 0 Å². The molecule has 1 aliphatic carbocycles. The standard InChI is InChI=1S/C16H33N/c1-5-6-15-7-9-16(17,10-8-15)12-14(4)11-13(2)3/h13-15H,5-12,17H2,1-4H3. The maximum Gasteiger partial charge on any atom is 0.0157 e. The fourth-order valence-electron chi connectivity index (χ4n) is 3.74. The summed E-state index contributed by atoms with van der Waals surface area (Å²) in [6.07, 6.45) is 10.6. The van der Waals surface area contributed by atoms with Crippen molar-refractivity contribution in [2.45, 2.75) is 84.6 Å². The van der Waals surface area contributed by atoms with Crippen LogP contribution in [0.3, 0.4) is 0 Å². The second-order valence-electron chi connectivity index (χ2n) is 7.03. The molecule has 0 amide bonds. The van der Waals surface area contributed by atoms with E-state index in [1.807, 2.05) is 0 Å². The van der Waals surface area contributed by atoms with Crippen LogP contribution >= 0.6 is 0 Å². The van der Waals surface area contributed by atoms with Gasteiger partial charge in [0.1, 0.15) is 0 Å². The zero-order valence-corrected chi connectivity index (χ0v) is 12.5. The molecule has 0 radical (unpaired) electrons. The Hall–Kier alpha value is -0.0400. The molecule has 0 saturated heterocycles. The minimum absolute atomic E-state index is 0.165. The molecule has 1 saturated carbocycles. The highest BCUT2D eigenvalue weighted by Crippen LogP contribution is 2.37. The Labute approximate surface area is 109 Å². The van der Waals surface area contributed by atoms with Crippen LogP contribution in [0.15, 0.2) is 0 Å². The average Bonchev–Trinajstić information content (AvgIpc) is 2.20. The maximum atomic E-state index is 6.59. The molecule has 1 atom stereocenters. The minimum Gasteiger partial charge on any atom is -0.325 e. The first-order valence-corrected chi connectivity index (χ1v) is 7.74. The van der Waals surface area contributed by atoms with Gasteiger partial charge in [-0.1, -0.05) is 40.5 Å². The fraction of sp³-hybridized carbons (Fsp3) is 1.00. The van der Waals surface area contributed by atoms with Crippen LogP contribution < -0.4 is 5.73 Å². The van der Waals surface area contributed by atoms with Gasteiger partial charge in [0.25, 0.3) is 0 Å². The van der Waals surface area contributed by atoms with Crippen molar-refractivity contribution in [3.05, 3.63) is 0 Å². The molecule has 0 heterocycles. The Morgan fingerprint density at radius 2 is 1.76 bits per heavy atom. The molecule has 102 valence electrons. The van der Waals surface area contributed by atoms with E-state index < -0.39 is 0 Å². The second-order valence-corrected chi connectivity index (χ2v) is 7.03. The Morgan fingerprint density at radius 1 is 1.18 bits per heavy atom. The number of hydrogen-bond acceptors (Lipinski definition) is 1. The largest absolute Gasteiger partial charge is 0.325 e. The lowest BCUT2D eigenvalue weighted by Crippen LogP contribution is -2.44. The van der Waals surface area contributed by atoms with Gasteiger partial charge >= 0.3 is 0 Å². The molecular formula is C16H33N. The molecule has 0 aromatic carbocycles. The topological polar surface area (TPSA) is 26.0 Å². The van der Waals surface area contributed by atoms with Gasteiger partial charge in [0, 0.05) is 5.54 Å². The van der Waals surface area contributed by atoms with Crippen LogP contribution in [0.1, 0.15) is 79.1 Å². The van der Waals surface area contributed by atoms with Crippen LogP contribution in [0.2, 0.25) is 0 Å². The SMILES string of the molecule is CCCC1CCC(N)(CC(C)CC(C)C)CC1. The summed E-state index contributed by atoms with van der Waals surface area (Å²) in [5.41, 5.74) is 6.76. The summed E-state index contributed by atoms with van der Waals surface area (Å²) < 4.78 is 0. The van der Waals surface area contributed by atoms with Crippen molar-refractivity contribution in [3.63, 3.8) is 0 Å². The van der Waals surface area contributed by atoms with Crippen molar-refractivity contribution in [2.75, 3.05) is 0 Å². The molecule has 0 aromatic rings. The number of rotatable bonds is 6. The summed E-state index contributed by atoms with van der Waals surface area (Å²) in [6.45, 7) is 9.32. The van der Waals surface area contributed by atoms with Crippen molar-refractivity contribution in [1.29, 1.82) is 0 Å². The fourth-order valence-corrected chi connectivity index (χ4v) is 3.74. The Bertz CT molecular complexity index is 202. The van der Waals surface area contributed by atoms with Crippen LogP contribution in [-0.4, -0.2) is 5.54 Å². The van der Waals surface area contributed by atoms with Gasteiger partial charge in [0.15, 0.2) is 0 Å². The third-order valence-electron chi connectivity index (χ3n) is 4.43. The van der Waals surface area contributed by atoms with E-state index in [1.54, 1.807) is 0 Å². The van der Waals surface area contributed by atoms with E-state index in [1.165, 1.54) is 51.4 Å². The summed E-state index contributed by atoms with van der Waals surface area (Å²) >= 11 is 0. The van der Waals surface area contributed by atoms with E-state index in [-0.39, 0.29) is 5.54 Å².